The molecule has 0 radical (unpaired) electrons. The Bertz CT molecular complexity index is 834. The predicted octanol–water partition coefficient (Wildman–Crippen LogP) is 2.76. The zero-order valence-electron chi connectivity index (χ0n) is 14.4. The first-order valence-corrected chi connectivity index (χ1v) is 9.22. The van der Waals surface area contributed by atoms with Crippen molar-refractivity contribution in [2.45, 2.75) is 18.7 Å². The molecule has 0 atom stereocenters. The Labute approximate surface area is 148 Å². The van der Waals surface area contributed by atoms with Gasteiger partial charge in [-0.05, 0) is 49.7 Å². The average Bonchev–Trinajstić information content (AvgIpc) is 2.60. The van der Waals surface area contributed by atoms with Crippen LogP contribution in [0.1, 0.15) is 12.5 Å². The number of esters is 1. The largest absolute Gasteiger partial charge is 0.496 e. The molecule has 2 rings (SSSR count). The highest BCUT2D eigenvalue weighted by atomic mass is 32.2. The Morgan fingerprint density at radius 2 is 1.80 bits per heavy atom. The monoisotopic (exact) mass is 363 g/mol. The maximum atomic E-state index is 13.1. The summed E-state index contributed by atoms with van der Waals surface area (Å²) in [5.74, 6) is -0.0178. The smallest absolute Gasteiger partial charge is 0.326 e. The van der Waals surface area contributed by atoms with Crippen molar-refractivity contribution in [2.75, 3.05) is 24.6 Å². The third kappa shape index (κ3) is 4.30. The second-order valence-electron chi connectivity index (χ2n) is 5.28. The fourth-order valence-corrected chi connectivity index (χ4v) is 3.87. The van der Waals surface area contributed by atoms with Gasteiger partial charge in [-0.1, -0.05) is 18.2 Å². The van der Waals surface area contributed by atoms with Gasteiger partial charge in [0, 0.05) is 0 Å². The summed E-state index contributed by atoms with van der Waals surface area (Å²) in [7, 11) is -2.42. The molecule has 25 heavy (non-hydrogen) atoms. The number of methoxy groups -OCH3 is 1. The van der Waals surface area contributed by atoms with Crippen molar-refractivity contribution in [3.05, 3.63) is 54.1 Å². The van der Waals surface area contributed by atoms with Gasteiger partial charge in [0.2, 0.25) is 0 Å². The minimum Gasteiger partial charge on any atom is -0.496 e. The summed E-state index contributed by atoms with van der Waals surface area (Å²) in [6.45, 7) is 3.22. The standard InChI is InChI=1S/C18H21NO5S/c1-4-24-18(20)13-19(15-8-6-5-7-9-15)25(21,22)16-10-11-17(23-3)14(2)12-16/h5-12H,4,13H2,1-3H3. The Morgan fingerprint density at radius 1 is 1.12 bits per heavy atom. The van der Waals surface area contributed by atoms with Crippen LogP contribution in [0.25, 0.3) is 0 Å². The van der Waals surface area contributed by atoms with Crippen LogP contribution in [0, 0.1) is 6.92 Å². The van der Waals surface area contributed by atoms with Gasteiger partial charge >= 0.3 is 5.97 Å². The Morgan fingerprint density at radius 3 is 2.36 bits per heavy atom. The molecule has 0 aliphatic heterocycles. The predicted molar refractivity (Wildman–Crippen MR) is 95.3 cm³/mol. The van der Waals surface area contributed by atoms with Crippen LogP contribution in [0.15, 0.2) is 53.4 Å². The number of anilines is 1. The number of rotatable bonds is 7. The average molecular weight is 363 g/mol. The van der Waals surface area contributed by atoms with E-state index in [1.54, 1.807) is 50.2 Å². The van der Waals surface area contributed by atoms with Gasteiger partial charge in [-0.25, -0.2) is 8.42 Å². The molecule has 0 aromatic heterocycles. The number of hydrogen-bond donors (Lipinski definition) is 0. The van der Waals surface area contributed by atoms with Gasteiger partial charge in [-0.3, -0.25) is 9.10 Å². The van der Waals surface area contributed by atoms with Crippen molar-refractivity contribution < 1.29 is 22.7 Å². The van der Waals surface area contributed by atoms with Crippen molar-refractivity contribution in [2.24, 2.45) is 0 Å². The number of carbonyl (C=O) groups excluding carboxylic acids is 1. The van der Waals surface area contributed by atoms with Crippen LogP contribution >= 0.6 is 0 Å². The molecule has 134 valence electrons. The Hall–Kier alpha value is -2.54. The molecule has 2 aromatic carbocycles. The highest BCUT2D eigenvalue weighted by Crippen LogP contribution is 2.27. The lowest BCUT2D eigenvalue weighted by molar-refractivity contribution is -0.141. The first kappa shape index (κ1) is 18.8. The summed E-state index contributed by atoms with van der Waals surface area (Å²) < 4.78 is 37.3. The molecule has 0 fully saturated rings. The van der Waals surface area contributed by atoms with Gasteiger partial charge in [0.05, 0.1) is 24.3 Å². The third-order valence-corrected chi connectivity index (χ3v) is 5.35. The van der Waals surface area contributed by atoms with Crippen LogP contribution in [0.2, 0.25) is 0 Å². The van der Waals surface area contributed by atoms with E-state index in [1.807, 2.05) is 0 Å². The number of aryl methyl sites for hydroxylation is 1. The fourth-order valence-electron chi connectivity index (χ4n) is 2.37. The zero-order valence-corrected chi connectivity index (χ0v) is 15.2. The maximum Gasteiger partial charge on any atom is 0.326 e. The zero-order chi connectivity index (χ0) is 18.4. The number of sulfonamides is 1. The van der Waals surface area contributed by atoms with Gasteiger partial charge in [0.1, 0.15) is 12.3 Å². The second kappa shape index (κ2) is 8.02. The van der Waals surface area contributed by atoms with E-state index in [2.05, 4.69) is 0 Å². The highest BCUT2D eigenvalue weighted by molar-refractivity contribution is 7.92. The Balaban J connectivity index is 2.47. The molecule has 0 N–H and O–H groups in total. The van der Waals surface area contributed by atoms with E-state index in [9.17, 15) is 13.2 Å². The molecule has 0 bridgehead atoms. The minimum absolute atomic E-state index is 0.0824. The SMILES string of the molecule is CCOC(=O)CN(c1ccccc1)S(=O)(=O)c1ccc(OC)c(C)c1. The lowest BCUT2D eigenvalue weighted by atomic mass is 10.2. The molecule has 0 saturated carbocycles. The van der Waals surface area contributed by atoms with Crippen molar-refractivity contribution in [1.82, 2.24) is 0 Å². The second-order valence-corrected chi connectivity index (χ2v) is 7.15. The summed E-state index contributed by atoms with van der Waals surface area (Å²) in [5, 5.41) is 0. The van der Waals surface area contributed by atoms with E-state index in [4.69, 9.17) is 9.47 Å². The molecule has 0 amide bonds. The molecule has 2 aromatic rings. The fraction of sp³-hybridized carbons (Fsp3) is 0.278. The quantitative estimate of drug-likeness (QED) is 0.707. The number of hydrogen-bond acceptors (Lipinski definition) is 5. The van der Waals surface area contributed by atoms with Crippen molar-refractivity contribution in [3.63, 3.8) is 0 Å². The molecule has 7 heteroatoms. The molecular weight excluding hydrogens is 342 g/mol. The summed E-state index contributed by atoms with van der Waals surface area (Å²) in [6.07, 6.45) is 0. The first-order chi connectivity index (χ1) is 11.9. The minimum atomic E-state index is -3.94. The van der Waals surface area contributed by atoms with E-state index in [-0.39, 0.29) is 11.5 Å². The van der Waals surface area contributed by atoms with Gasteiger partial charge in [-0.2, -0.15) is 0 Å². The van der Waals surface area contributed by atoms with E-state index in [0.29, 0.717) is 17.0 Å². The summed E-state index contributed by atoms with van der Waals surface area (Å²) in [4.78, 5) is 12.0. The molecule has 6 nitrogen and oxygen atoms in total. The van der Waals surface area contributed by atoms with E-state index in [1.165, 1.54) is 19.2 Å². The number of para-hydroxylation sites is 1. The van der Waals surface area contributed by atoms with Gasteiger partial charge in [0.25, 0.3) is 10.0 Å². The topological polar surface area (TPSA) is 72.9 Å². The molecule has 0 saturated heterocycles. The third-order valence-electron chi connectivity index (χ3n) is 3.58. The first-order valence-electron chi connectivity index (χ1n) is 7.78. The van der Waals surface area contributed by atoms with Crippen LogP contribution < -0.4 is 9.04 Å². The van der Waals surface area contributed by atoms with Crippen LogP contribution in [0.3, 0.4) is 0 Å². The van der Waals surface area contributed by atoms with Crippen LogP contribution in [0.4, 0.5) is 5.69 Å². The summed E-state index contributed by atoms with van der Waals surface area (Å²) in [6, 6.07) is 13.0. The van der Waals surface area contributed by atoms with Crippen LogP contribution in [0.5, 0.6) is 5.75 Å². The molecule has 0 aliphatic rings. The number of carbonyl (C=O) groups is 1. The van der Waals surface area contributed by atoms with Gasteiger partial charge < -0.3 is 9.47 Å². The van der Waals surface area contributed by atoms with Crippen molar-refractivity contribution in [1.29, 1.82) is 0 Å². The van der Waals surface area contributed by atoms with Crippen molar-refractivity contribution >= 4 is 21.7 Å². The highest BCUT2D eigenvalue weighted by Gasteiger charge is 2.28. The van der Waals surface area contributed by atoms with Crippen LogP contribution in [-0.4, -0.2) is 34.6 Å². The maximum absolute atomic E-state index is 13.1. The molecule has 0 unspecified atom stereocenters. The number of ether oxygens (including phenoxy) is 2. The van der Waals surface area contributed by atoms with E-state index in [0.717, 1.165) is 4.31 Å². The lowest BCUT2D eigenvalue weighted by Crippen LogP contribution is -2.36. The summed E-state index contributed by atoms with van der Waals surface area (Å²) in [5.41, 5.74) is 1.08. The lowest BCUT2D eigenvalue weighted by Gasteiger charge is -2.24. The van der Waals surface area contributed by atoms with Gasteiger partial charge in [0.15, 0.2) is 0 Å². The normalized spacial score (nSPS) is 11.0. The van der Waals surface area contributed by atoms with Gasteiger partial charge in [-0.15, -0.1) is 0 Å². The number of nitrogens with zero attached hydrogens (tertiary/aromatic N) is 1. The van der Waals surface area contributed by atoms with Crippen molar-refractivity contribution in [3.8, 4) is 5.75 Å². The van der Waals surface area contributed by atoms with E-state index >= 15 is 0 Å². The molecule has 0 spiro atoms. The summed E-state index contributed by atoms with van der Waals surface area (Å²) >= 11 is 0. The molecular formula is C18H21NO5S. The number of benzene rings is 2. The van der Waals surface area contributed by atoms with Crippen LogP contribution in [-0.2, 0) is 19.6 Å². The Kier molecular flexibility index (Phi) is 6.03. The molecule has 0 heterocycles. The van der Waals surface area contributed by atoms with E-state index < -0.39 is 22.5 Å². The molecule has 0 aliphatic carbocycles.